The molecule has 0 unspecified atom stereocenters. The second-order valence-corrected chi connectivity index (χ2v) is 2.84. The number of nitrogens with one attached hydrogen (secondary N) is 2. The number of carbonyl (C=O) groups is 1. The zero-order valence-electron chi connectivity index (χ0n) is 7.99. The van der Waals surface area contributed by atoms with Crippen LogP contribution in [0.15, 0.2) is 9.59 Å². The zero-order valence-corrected chi connectivity index (χ0v) is 7.99. The standard InChI is InChI=1S/C7H9FN4O4/c8-3-4(13)11-7(16)12(5(3)14)2-1-10-6(9)15/h14H,1-2H2,(H3,9,10,15)(H,11,13,16). The van der Waals surface area contributed by atoms with Crippen LogP contribution >= 0.6 is 0 Å². The number of urea groups is 1. The summed E-state index contributed by atoms with van der Waals surface area (Å²) in [5.41, 5.74) is 2.47. The number of aromatic nitrogens is 2. The Hall–Kier alpha value is -2.32. The number of primary amides is 1. The smallest absolute Gasteiger partial charge is 0.331 e. The summed E-state index contributed by atoms with van der Waals surface area (Å²) in [6.07, 6.45) is 0. The molecule has 16 heavy (non-hydrogen) atoms. The van der Waals surface area contributed by atoms with Gasteiger partial charge in [-0.1, -0.05) is 0 Å². The average molecular weight is 232 g/mol. The molecule has 0 radical (unpaired) electrons. The lowest BCUT2D eigenvalue weighted by Crippen LogP contribution is -2.37. The highest BCUT2D eigenvalue weighted by atomic mass is 19.1. The summed E-state index contributed by atoms with van der Waals surface area (Å²) in [6.45, 7) is -0.310. The molecule has 8 nitrogen and oxygen atoms in total. The highest BCUT2D eigenvalue weighted by molar-refractivity contribution is 5.71. The summed E-state index contributed by atoms with van der Waals surface area (Å²) in [5, 5.41) is 11.3. The molecular weight excluding hydrogens is 223 g/mol. The molecule has 0 aromatic carbocycles. The van der Waals surface area contributed by atoms with Crippen molar-refractivity contribution < 1.29 is 14.3 Å². The third kappa shape index (κ3) is 2.38. The number of aromatic hydroxyl groups is 1. The number of halogens is 1. The maximum absolute atomic E-state index is 12.9. The van der Waals surface area contributed by atoms with E-state index in [-0.39, 0.29) is 13.1 Å². The minimum atomic E-state index is -1.46. The molecular formula is C7H9FN4O4. The summed E-state index contributed by atoms with van der Waals surface area (Å²) >= 11 is 0. The van der Waals surface area contributed by atoms with Crippen molar-refractivity contribution in [2.75, 3.05) is 6.54 Å². The van der Waals surface area contributed by atoms with Gasteiger partial charge in [0.05, 0.1) is 0 Å². The fraction of sp³-hybridized carbons (Fsp3) is 0.286. The lowest BCUT2D eigenvalue weighted by Gasteiger charge is -2.07. The summed E-state index contributed by atoms with van der Waals surface area (Å²) in [7, 11) is 0. The lowest BCUT2D eigenvalue weighted by molar-refractivity contribution is 0.248. The highest BCUT2D eigenvalue weighted by Crippen LogP contribution is 2.06. The van der Waals surface area contributed by atoms with Crippen LogP contribution < -0.4 is 22.3 Å². The molecule has 5 N–H and O–H groups in total. The minimum Gasteiger partial charge on any atom is -0.492 e. The Morgan fingerprint density at radius 3 is 2.75 bits per heavy atom. The third-order valence-corrected chi connectivity index (χ3v) is 1.75. The molecule has 0 aliphatic rings. The number of hydrogen-bond donors (Lipinski definition) is 4. The highest BCUT2D eigenvalue weighted by Gasteiger charge is 2.12. The third-order valence-electron chi connectivity index (χ3n) is 1.75. The van der Waals surface area contributed by atoms with Crippen LogP contribution in [0.1, 0.15) is 0 Å². The van der Waals surface area contributed by atoms with Crippen molar-refractivity contribution in [3.8, 4) is 5.88 Å². The van der Waals surface area contributed by atoms with Gasteiger partial charge in [0.15, 0.2) is 0 Å². The van der Waals surface area contributed by atoms with Crippen LogP contribution in [0.25, 0.3) is 0 Å². The van der Waals surface area contributed by atoms with E-state index in [1.165, 1.54) is 0 Å². The van der Waals surface area contributed by atoms with E-state index in [0.717, 1.165) is 0 Å². The van der Waals surface area contributed by atoms with E-state index in [1.807, 2.05) is 0 Å². The van der Waals surface area contributed by atoms with Gasteiger partial charge in [0, 0.05) is 13.1 Å². The average Bonchev–Trinajstić information content (AvgIpc) is 2.19. The maximum atomic E-state index is 12.9. The maximum Gasteiger partial charge on any atom is 0.331 e. The van der Waals surface area contributed by atoms with Crippen LogP contribution in [0.2, 0.25) is 0 Å². The van der Waals surface area contributed by atoms with Gasteiger partial charge in [-0.2, -0.15) is 4.39 Å². The molecule has 1 rings (SSSR count). The van der Waals surface area contributed by atoms with E-state index in [9.17, 15) is 18.8 Å². The monoisotopic (exact) mass is 232 g/mol. The molecule has 0 spiro atoms. The van der Waals surface area contributed by atoms with Crippen LogP contribution in [0.4, 0.5) is 9.18 Å². The molecule has 0 saturated carbocycles. The summed E-state index contributed by atoms with van der Waals surface area (Å²) < 4.78 is 13.5. The van der Waals surface area contributed by atoms with Crippen LogP contribution in [0, 0.1) is 5.82 Å². The van der Waals surface area contributed by atoms with Gasteiger partial charge in [-0.3, -0.25) is 14.3 Å². The van der Waals surface area contributed by atoms with Gasteiger partial charge in [0.1, 0.15) is 0 Å². The molecule has 88 valence electrons. The molecule has 1 aromatic rings. The zero-order chi connectivity index (χ0) is 12.3. The Balaban J connectivity index is 2.97. The number of nitrogens with zero attached hydrogens (tertiary/aromatic N) is 1. The Morgan fingerprint density at radius 2 is 2.19 bits per heavy atom. The fourth-order valence-electron chi connectivity index (χ4n) is 1.03. The number of aromatic amines is 1. The number of carbonyl (C=O) groups excluding carboxylic acids is 1. The van der Waals surface area contributed by atoms with Crippen LogP contribution in [0.5, 0.6) is 5.88 Å². The first-order valence-electron chi connectivity index (χ1n) is 4.18. The molecule has 0 aliphatic carbocycles. The van der Waals surface area contributed by atoms with Crippen molar-refractivity contribution in [1.82, 2.24) is 14.9 Å². The Morgan fingerprint density at radius 1 is 1.56 bits per heavy atom. The van der Waals surface area contributed by atoms with Crippen molar-refractivity contribution in [2.45, 2.75) is 6.54 Å². The van der Waals surface area contributed by atoms with Crippen LogP contribution in [-0.2, 0) is 6.54 Å². The second-order valence-electron chi connectivity index (χ2n) is 2.84. The first kappa shape index (κ1) is 11.8. The van der Waals surface area contributed by atoms with Gasteiger partial charge in [0.2, 0.25) is 11.7 Å². The first-order valence-corrected chi connectivity index (χ1v) is 4.18. The predicted molar refractivity (Wildman–Crippen MR) is 50.5 cm³/mol. The van der Waals surface area contributed by atoms with Gasteiger partial charge < -0.3 is 16.2 Å². The topological polar surface area (TPSA) is 130 Å². The molecule has 0 bridgehead atoms. The van der Waals surface area contributed by atoms with Crippen molar-refractivity contribution in [1.29, 1.82) is 0 Å². The van der Waals surface area contributed by atoms with Gasteiger partial charge in [-0.05, 0) is 0 Å². The molecule has 0 aliphatic heterocycles. The van der Waals surface area contributed by atoms with Gasteiger partial charge in [-0.15, -0.1) is 0 Å². The molecule has 2 amide bonds. The first-order chi connectivity index (χ1) is 7.43. The van der Waals surface area contributed by atoms with E-state index in [4.69, 9.17) is 10.8 Å². The molecule has 0 atom stereocenters. The van der Waals surface area contributed by atoms with Crippen LogP contribution in [0.3, 0.4) is 0 Å². The van der Waals surface area contributed by atoms with E-state index in [2.05, 4.69) is 5.32 Å². The Kier molecular flexibility index (Phi) is 3.28. The molecule has 1 aromatic heterocycles. The summed E-state index contributed by atoms with van der Waals surface area (Å²) in [5.74, 6) is -2.54. The quantitative estimate of drug-likeness (QED) is 0.482. The molecule has 0 saturated heterocycles. The van der Waals surface area contributed by atoms with E-state index in [1.54, 1.807) is 4.98 Å². The van der Waals surface area contributed by atoms with E-state index < -0.39 is 29.0 Å². The van der Waals surface area contributed by atoms with E-state index >= 15 is 0 Å². The van der Waals surface area contributed by atoms with Gasteiger partial charge >= 0.3 is 11.7 Å². The summed E-state index contributed by atoms with van der Waals surface area (Å²) in [6, 6.07) is -0.822. The number of amides is 2. The largest absolute Gasteiger partial charge is 0.492 e. The summed E-state index contributed by atoms with van der Waals surface area (Å²) in [4.78, 5) is 33.8. The van der Waals surface area contributed by atoms with Crippen molar-refractivity contribution >= 4 is 6.03 Å². The molecule has 0 fully saturated rings. The van der Waals surface area contributed by atoms with Gasteiger partial charge in [0.25, 0.3) is 5.56 Å². The number of hydrogen-bond acceptors (Lipinski definition) is 4. The van der Waals surface area contributed by atoms with Crippen molar-refractivity contribution in [3.63, 3.8) is 0 Å². The Labute approximate surface area is 87.5 Å². The Bertz CT molecular complexity index is 520. The molecule has 1 heterocycles. The number of rotatable bonds is 3. The van der Waals surface area contributed by atoms with Crippen LogP contribution in [-0.4, -0.2) is 27.2 Å². The van der Waals surface area contributed by atoms with Crippen molar-refractivity contribution in [3.05, 3.63) is 26.7 Å². The number of nitrogens with two attached hydrogens (primary N) is 1. The number of H-pyrrole nitrogens is 1. The van der Waals surface area contributed by atoms with E-state index in [0.29, 0.717) is 4.57 Å². The fourth-order valence-corrected chi connectivity index (χ4v) is 1.03. The van der Waals surface area contributed by atoms with Gasteiger partial charge in [-0.25, -0.2) is 9.59 Å². The second kappa shape index (κ2) is 4.47. The predicted octanol–water partition coefficient (Wildman–Crippen LogP) is -1.95. The minimum absolute atomic E-state index is 0.0890. The normalized spacial score (nSPS) is 10.1. The molecule has 9 heteroatoms. The van der Waals surface area contributed by atoms with Crippen molar-refractivity contribution in [2.24, 2.45) is 5.73 Å². The SMILES string of the molecule is NC(=O)NCCn1c(O)c(F)c(=O)[nH]c1=O. The lowest BCUT2D eigenvalue weighted by atomic mass is 10.5.